The van der Waals surface area contributed by atoms with E-state index in [0.717, 1.165) is 19.5 Å². The van der Waals surface area contributed by atoms with Gasteiger partial charge >= 0.3 is 0 Å². The molecule has 1 rings (SSSR count). The third-order valence-corrected chi connectivity index (χ3v) is 5.47. The SMILES string of the molecule is CCC(C)NC(=O)C(C)S(=O)(=O)CC1CNC1. The lowest BCUT2D eigenvalue weighted by atomic mass is 10.1. The van der Waals surface area contributed by atoms with Gasteiger partial charge in [0, 0.05) is 19.1 Å². The van der Waals surface area contributed by atoms with Gasteiger partial charge in [-0.1, -0.05) is 6.92 Å². The van der Waals surface area contributed by atoms with Crippen molar-refractivity contribution in [1.29, 1.82) is 0 Å². The summed E-state index contributed by atoms with van der Waals surface area (Å²) in [5, 5.41) is 4.79. The van der Waals surface area contributed by atoms with Crippen LogP contribution in [0.15, 0.2) is 0 Å². The zero-order valence-corrected chi connectivity index (χ0v) is 11.5. The standard InChI is InChI=1S/C11H22N2O3S/c1-4-8(2)13-11(14)9(3)17(15,16)7-10-5-12-6-10/h8-10,12H,4-7H2,1-3H3,(H,13,14). The Labute approximate surface area is 103 Å². The highest BCUT2D eigenvalue weighted by Gasteiger charge is 2.32. The number of rotatable bonds is 6. The number of hydrogen-bond acceptors (Lipinski definition) is 4. The molecule has 0 bridgehead atoms. The molecule has 0 radical (unpaired) electrons. The first-order valence-electron chi connectivity index (χ1n) is 6.09. The number of carbonyl (C=O) groups excluding carboxylic acids is 1. The quantitative estimate of drug-likeness (QED) is 0.702. The van der Waals surface area contributed by atoms with Gasteiger partial charge in [0.1, 0.15) is 5.25 Å². The van der Waals surface area contributed by atoms with Crippen LogP contribution in [0.1, 0.15) is 27.2 Å². The Bertz CT molecular complexity index is 363. The third kappa shape index (κ3) is 3.96. The van der Waals surface area contributed by atoms with Crippen LogP contribution in [0.2, 0.25) is 0 Å². The van der Waals surface area contributed by atoms with Crippen LogP contribution < -0.4 is 10.6 Å². The summed E-state index contributed by atoms with van der Waals surface area (Å²) in [6, 6.07) is 0.0190. The van der Waals surface area contributed by atoms with Crippen LogP contribution in [0.25, 0.3) is 0 Å². The highest BCUT2D eigenvalue weighted by atomic mass is 32.2. The summed E-state index contributed by atoms with van der Waals surface area (Å²) in [5.74, 6) is -0.111. The fraction of sp³-hybridized carbons (Fsp3) is 0.909. The van der Waals surface area contributed by atoms with Gasteiger partial charge in [0.15, 0.2) is 9.84 Å². The number of amides is 1. The van der Waals surface area contributed by atoms with Crippen LogP contribution in [0.5, 0.6) is 0 Å². The Hall–Kier alpha value is -0.620. The van der Waals surface area contributed by atoms with Crippen LogP contribution >= 0.6 is 0 Å². The summed E-state index contributed by atoms with van der Waals surface area (Å²) in [6.45, 7) is 6.76. The molecule has 0 aromatic carbocycles. The molecule has 100 valence electrons. The van der Waals surface area contributed by atoms with Crippen molar-refractivity contribution in [3.05, 3.63) is 0 Å². The minimum Gasteiger partial charge on any atom is -0.353 e. The molecule has 0 spiro atoms. The van der Waals surface area contributed by atoms with Crippen LogP contribution in [0.4, 0.5) is 0 Å². The summed E-state index contributed by atoms with van der Waals surface area (Å²) < 4.78 is 23.9. The molecule has 2 N–H and O–H groups in total. The van der Waals surface area contributed by atoms with Gasteiger partial charge in [-0.2, -0.15) is 0 Å². The molecule has 1 aliphatic heterocycles. The summed E-state index contributed by atoms with van der Waals surface area (Å²) in [5.41, 5.74) is 0. The lowest BCUT2D eigenvalue weighted by molar-refractivity contribution is -0.121. The molecule has 0 aliphatic carbocycles. The molecule has 1 fully saturated rings. The predicted octanol–water partition coefficient (Wildman–Crippen LogP) is -0.0762. The second kappa shape index (κ2) is 5.82. The molecule has 5 nitrogen and oxygen atoms in total. The van der Waals surface area contributed by atoms with E-state index in [0.29, 0.717) is 0 Å². The van der Waals surface area contributed by atoms with E-state index in [-0.39, 0.29) is 23.6 Å². The molecular weight excluding hydrogens is 240 g/mol. The van der Waals surface area contributed by atoms with E-state index >= 15 is 0 Å². The summed E-state index contributed by atoms with van der Waals surface area (Å²) >= 11 is 0. The maximum Gasteiger partial charge on any atom is 0.238 e. The van der Waals surface area contributed by atoms with Crippen molar-refractivity contribution in [2.24, 2.45) is 5.92 Å². The van der Waals surface area contributed by atoms with Crippen molar-refractivity contribution < 1.29 is 13.2 Å². The number of nitrogens with one attached hydrogen (secondary N) is 2. The molecule has 1 amide bonds. The highest BCUT2D eigenvalue weighted by molar-refractivity contribution is 7.92. The molecule has 1 aliphatic rings. The number of carbonyl (C=O) groups is 1. The maximum atomic E-state index is 12.0. The minimum absolute atomic E-state index is 0.0190. The molecule has 2 unspecified atom stereocenters. The smallest absolute Gasteiger partial charge is 0.238 e. The van der Waals surface area contributed by atoms with E-state index in [4.69, 9.17) is 0 Å². The molecule has 0 saturated carbocycles. The topological polar surface area (TPSA) is 75.3 Å². The first kappa shape index (κ1) is 14.4. The predicted molar refractivity (Wildman–Crippen MR) is 67.5 cm³/mol. The fourth-order valence-electron chi connectivity index (χ4n) is 1.56. The lowest BCUT2D eigenvalue weighted by Crippen LogP contribution is -2.49. The van der Waals surface area contributed by atoms with Crippen LogP contribution in [0.3, 0.4) is 0 Å². The van der Waals surface area contributed by atoms with Crippen molar-refractivity contribution in [3.8, 4) is 0 Å². The van der Waals surface area contributed by atoms with Gasteiger partial charge in [-0.25, -0.2) is 8.42 Å². The van der Waals surface area contributed by atoms with Crippen molar-refractivity contribution in [3.63, 3.8) is 0 Å². The second-order valence-electron chi connectivity index (χ2n) is 4.81. The number of sulfone groups is 1. The van der Waals surface area contributed by atoms with Gasteiger partial charge in [-0.15, -0.1) is 0 Å². The molecule has 1 heterocycles. The van der Waals surface area contributed by atoms with Crippen molar-refractivity contribution >= 4 is 15.7 Å². The second-order valence-corrected chi connectivity index (χ2v) is 7.18. The minimum atomic E-state index is -3.33. The first-order valence-corrected chi connectivity index (χ1v) is 7.81. The molecule has 0 aromatic heterocycles. The summed E-state index contributed by atoms with van der Waals surface area (Å²) in [4.78, 5) is 11.7. The van der Waals surface area contributed by atoms with E-state index < -0.39 is 15.1 Å². The van der Waals surface area contributed by atoms with Gasteiger partial charge < -0.3 is 10.6 Å². The zero-order chi connectivity index (χ0) is 13.1. The van der Waals surface area contributed by atoms with Gasteiger partial charge in [0.05, 0.1) is 5.75 Å². The Morgan fingerprint density at radius 3 is 2.41 bits per heavy atom. The Morgan fingerprint density at radius 2 is 2.00 bits per heavy atom. The van der Waals surface area contributed by atoms with Crippen molar-refractivity contribution in [2.45, 2.75) is 38.5 Å². The van der Waals surface area contributed by atoms with Crippen LogP contribution in [0, 0.1) is 5.92 Å². The van der Waals surface area contributed by atoms with E-state index in [1.165, 1.54) is 6.92 Å². The van der Waals surface area contributed by atoms with Gasteiger partial charge in [-0.3, -0.25) is 4.79 Å². The Kier molecular flexibility index (Phi) is 4.94. The summed E-state index contributed by atoms with van der Waals surface area (Å²) in [6.07, 6.45) is 0.797. The first-order chi connectivity index (χ1) is 7.86. The average molecular weight is 262 g/mol. The van der Waals surface area contributed by atoms with Crippen LogP contribution in [-0.2, 0) is 14.6 Å². The Morgan fingerprint density at radius 1 is 1.41 bits per heavy atom. The molecule has 2 atom stereocenters. The van der Waals surface area contributed by atoms with E-state index in [9.17, 15) is 13.2 Å². The van der Waals surface area contributed by atoms with Gasteiger partial charge in [-0.05, 0) is 26.2 Å². The van der Waals surface area contributed by atoms with Crippen molar-refractivity contribution in [1.82, 2.24) is 10.6 Å². The summed E-state index contributed by atoms with van der Waals surface area (Å²) in [7, 11) is -3.33. The van der Waals surface area contributed by atoms with Gasteiger partial charge in [0.25, 0.3) is 0 Å². The Balaban J connectivity index is 2.54. The molecular formula is C11H22N2O3S. The highest BCUT2D eigenvalue weighted by Crippen LogP contribution is 2.12. The van der Waals surface area contributed by atoms with Crippen molar-refractivity contribution in [2.75, 3.05) is 18.8 Å². The van der Waals surface area contributed by atoms with Gasteiger partial charge in [0.2, 0.25) is 5.91 Å². The average Bonchev–Trinajstić information content (AvgIpc) is 2.22. The molecule has 0 aromatic rings. The molecule has 1 saturated heterocycles. The largest absolute Gasteiger partial charge is 0.353 e. The van der Waals surface area contributed by atoms with E-state index in [1.807, 2.05) is 13.8 Å². The monoisotopic (exact) mass is 262 g/mol. The maximum absolute atomic E-state index is 12.0. The van der Waals surface area contributed by atoms with E-state index in [1.54, 1.807) is 0 Å². The third-order valence-electron chi connectivity index (χ3n) is 3.24. The molecule has 17 heavy (non-hydrogen) atoms. The van der Waals surface area contributed by atoms with E-state index in [2.05, 4.69) is 10.6 Å². The molecule has 6 heteroatoms. The number of hydrogen-bond donors (Lipinski definition) is 2. The normalized spacial score (nSPS) is 20.4. The zero-order valence-electron chi connectivity index (χ0n) is 10.7. The lowest BCUT2D eigenvalue weighted by Gasteiger charge is -2.28. The van der Waals surface area contributed by atoms with Crippen LogP contribution in [-0.4, -0.2) is 44.5 Å². The fourth-order valence-corrected chi connectivity index (χ4v) is 3.14.